The second-order valence-electron chi connectivity index (χ2n) is 4.02. The van der Waals surface area contributed by atoms with E-state index in [2.05, 4.69) is 11.1 Å². The zero-order valence-electron chi connectivity index (χ0n) is 8.97. The molecule has 84 valence electrons. The van der Waals surface area contributed by atoms with E-state index in [1.54, 1.807) is 18.3 Å². The Balaban J connectivity index is 2.01. The third-order valence-corrected chi connectivity index (χ3v) is 2.81. The van der Waals surface area contributed by atoms with Crippen molar-refractivity contribution < 1.29 is 9.84 Å². The fourth-order valence-corrected chi connectivity index (χ4v) is 1.89. The summed E-state index contributed by atoms with van der Waals surface area (Å²) in [5.41, 5.74) is 0.466. The van der Waals surface area contributed by atoms with Gasteiger partial charge in [-0.05, 0) is 37.8 Å². The Hall–Kier alpha value is -1.60. The van der Waals surface area contributed by atoms with Crippen molar-refractivity contribution in [2.75, 3.05) is 0 Å². The molecule has 0 aromatic carbocycles. The van der Waals surface area contributed by atoms with Gasteiger partial charge in [-0.1, -0.05) is 0 Å². The van der Waals surface area contributed by atoms with Gasteiger partial charge in [-0.2, -0.15) is 5.26 Å². The van der Waals surface area contributed by atoms with Crippen molar-refractivity contribution in [2.24, 2.45) is 0 Å². The molecule has 0 atom stereocenters. The van der Waals surface area contributed by atoms with E-state index in [9.17, 15) is 5.11 Å². The number of hydrogen-bond donors (Lipinski definition) is 1. The summed E-state index contributed by atoms with van der Waals surface area (Å²) in [6.45, 7) is 0. The Morgan fingerprint density at radius 1 is 1.38 bits per heavy atom. The summed E-state index contributed by atoms with van der Waals surface area (Å²) in [5, 5.41) is 18.3. The number of hydrogen-bond acceptors (Lipinski definition) is 4. The monoisotopic (exact) mass is 218 g/mol. The molecule has 0 spiro atoms. The van der Waals surface area contributed by atoms with Crippen LogP contribution in [0.1, 0.15) is 31.2 Å². The lowest BCUT2D eigenvalue weighted by molar-refractivity contribution is 0.0642. The predicted octanol–water partition coefficient (Wildman–Crippen LogP) is 1.64. The fraction of sp³-hybridized carbons (Fsp3) is 0.500. The summed E-state index contributed by atoms with van der Waals surface area (Å²) >= 11 is 0. The molecule has 2 rings (SSSR count). The summed E-state index contributed by atoms with van der Waals surface area (Å²) in [6, 6.07) is 5.47. The van der Waals surface area contributed by atoms with Gasteiger partial charge in [0.05, 0.1) is 6.10 Å². The minimum absolute atomic E-state index is 0.0744. The Morgan fingerprint density at radius 3 is 2.81 bits per heavy atom. The molecule has 0 amide bonds. The number of aliphatic hydroxyl groups excluding tert-OH is 1. The average molecular weight is 218 g/mol. The Kier molecular flexibility index (Phi) is 3.37. The maximum atomic E-state index is 9.37. The van der Waals surface area contributed by atoms with Crippen LogP contribution in [-0.4, -0.2) is 22.3 Å². The first-order valence-corrected chi connectivity index (χ1v) is 5.49. The topological polar surface area (TPSA) is 66.1 Å². The van der Waals surface area contributed by atoms with Gasteiger partial charge in [-0.3, -0.25) is 0 Å². The van der Waals surface area contributed by atoms with Gasteiger partial charge in [-0.25, -0.2) is 4.98 Å². The van der Waals surface area contributed by atoms with Crippen molar-refractivity contribution in [3.8, 4) is 11.9 Å². The predicted molar refractivity (Wildman–Crippen MR) is 57.8 cm³/mol. The molecule has 1 aliphatic rings. The van der Waals surface area contributed by atoms with Crippen molar-refractivity contribution >= 4 is 0 Å². The smallest absolute Gasteiger partial charge is 0.231 e. The summed E-state index contributed by atoms with van der Waals surface area (Å²) in [4.78, 5) is 4.06. The Morgan fingerprint density at radius 2 is 2.12 bits per heavy atom. The van der Waals surface area contributed by atoms with Crippen LogP contribution >= 0.6 is 0 Å². The molecular weight excluding hydrogens is 204 g/mol. The van der Waals surface area contributed by atoms with Gasteiger partial charge >= 0.3 is 0 Å². The summed E-state index contributed by atoms with van der Waals surface area (Å²) in [7, 11) is 0. The van der Waals surface area contributed by atoms with E-state index in [1.807, 2.05) is 0 Å². The number of rotatable bonds is 2. The minimum Gasteiger partial charge on any atom is -0.473 e. The molecule has 0 aliphatic heterocycles. The number of nitrogens with zero attached hydrogens (tertiary/aromatic N) is 2. The average Bonchev–Trinajstić information content (AvgIpc) is 2.33. The maximum absolute atomic E-state index is 9.37. The standard InChI is InChI=1S/C12H14N2O2/c13-8-9-2-1-7-14-12(9)16-11-5-3-10(15)4-6-11/h1-2,7,10-11,15H,3-6H2. The van der Waals surface area contributed by atoms with Gasteiger partial charge < -0.3 is 9.84 Å². The van der Waals surface area contributed by atoms with Gasteiger partial charge in [0.1, 0.15) is 17.7 Å². The van der Waals surface area contributed by atoms with Crippen LogP contribution in [0.3, 0.4) is 0 Å². The molecule has 1 heterocycles. The Bertz CT molecular complexity index is 392. The molecule has 16 heavy (non-hydrogen) atoms. The highest BCUT2D eigenvalue weighted by atomic mass is 16.5. The highest BCUT2D eigenvalue weighted by Gasteiger charge is 2.21. The van der Waals surface area contributed by atoms with Gasteiger partial charge in [0.25, 0.3) is 0 Å². The molecule has 4 nitrogen and oxygen atoms in total. The van der Waals surface area contributed by atoms with E-state index < -0.39 is 0 Å². The lowest BCUT2D eigenvalue weighted by atomic mass is 9.95. The van der Waals surface area contributed by atoms with Crippen molar-refractivity contribution in [1.29, 1.82) is 5.26 Å². The minimum atomic E-state index is -0.195. The quantitative estimate of drug-likeness (QED) is 0.819. The van der Waals surface area contributed by atoms with Gasteiger partial charge in [0.15, 0.2) is 0 Å². The van der Waals surface area contributed by atoms with Crippen LogP contribution in [0, 0.1) is 11.3 Å². The fourth-order valence-electron chi connectivity index (χ4n) is 1.89. The number of aromatic nitrogens is 1. The zero-order valence-corrected chi connectivity index (χ0v) is 8.97. The molecule has 0 radical (unpaired) electrons. The number of pyridine rings is 1. The van der Waals surface area contributed by atoms with Crippen LogP contribution in [0.2, 0.25) is 0 Å². The van der Waals surface area contributed by atoms with Gasteiger partial charge in [0, 0.05) is 6.20 Å². The highest BCUT2D eigenvalue weighted by Crippen LogP contribution is 2.24. The van der Waals surface area contributed by atoms with Crippen LogP contribution in [-0.2, 0) is 0 Å². The van der Waals surface area contributed by atoms with Gasteiger partial charge in [0.2, 0.25) is 5.88 Å². The summed E-state index contributed by atoms with van der Waals surface area (Å²) in [6.07, 6.45) is 4.67. The van der Waals surface area contributed by atoms with Crippen LogP contribution in [0.4, 0.5) is 0 Å². The third-order valence-electron chi connectivity index (χ3n) is 2.81. The molecule has 1 fully saturated rings. The van der Waals surface area contributed by atoms with Crippen LogP contribution < -0.4 is 4.74 Å². The highest BCUT2D eigenvalue weighted by molar-refractivity contribution is 5.37. The van der Waals surface area contributed by atoms with E-state index in [0.29, 0.717) is 11.4 Å². The van der Waals surface area contributed by atoms with Crippen molar-refractivity contribution in [3.63, 3.8) is 0 Å². The van der Waals surface area contributed by atoms with Crippen molar-refractivity contribution in [2.45, 2.75) is 37.9 Å². The zero-order chi connectivity index (χ0) is 11.4. The molecule has 1 aliphatic carbocycles. The summed E-state index contributed by atoms with van der Waals surface area (Å²) < 4.78 is 5.68. The normalized spacial score (nSPS) is 24.8. The number of nitriles is 1. The van der Waals surface area contributed by atoms with E-state index in [-0.39, 0.29) is 12.2 Å². The van der Waals surface area contributed by atoms with Crippen LogP contribution in [0.5, 0.6) is 5.88 Å². The molecule has 0 unspecified atom stereocenters. The third kappa shape index (κ3) is 2.50. The molecule has 4 heteroatoms. The molecule has 0 bridgehead atoms. The van der Waals surface area contributed by atoms with Crippen molar-refractivity contribution in [1.82, 2.24) is 4.98 Å². The summed E-state index contributed by atoms with van der Waals surface area (Å²) in [5.74, 6) is 0.409. The van der Waals surface area contributed by atoms with E-state index in [1.165, 1.54) is 0 Å². The molecular formula is C12H14N2O2. The molecule has 1 saturated carbocycles. The molecule has 0 saturated heterocycles. The lowest BCUT2D eigenvalue weighted by Gasteiger charge is -2.25. The van der Waals surface area contributed by atoms with Gasteiger partial charge in [-0.15, -0.1) is 0 Å². The lowest BCUT2D eigenvalue weighted by Crippen LogP contribution is -2.27. The van der Waals surface area contributed by atoms with E-state index in [0.717, 1.165) is 25.7 Å². The first-order chi connectivity index (χ1) is 7.79. The van der Waals surface area contributed by atoms with E-state index in [4.69, 9.17) is 10.00 Å². The first kappa shape index (κ1) is 10.9. The van der Waals surface area contributed by atoms with Crippen LogP contribution in [0.15, 0.2) is 18.3 Å². The first-order valence-electron chi connectivity index (χ1n) is 5.49. The molecule has 1 N–H and O–H groups in total. The van der Waals surface area contributed by atoms with Crippen LogP contribution in [0.25, 0.3) is 0 Å². The largest absolute Gasteiger partial charge is 0.473 e. The Labute approximate surface area is 94.5 Å². The molecule has 1 aromatic heterocycles. The second kappa shape index (κ2) is 4.95. The SMILES string of the molecule is N#Cc1cccnc1OC1CCC(O)CC1. The molecule has 1 aromatic rings. The second-order valence-corrected chi connectivity index (χ2v) is 4.02. The van der Waals surface area contributed by atoms with Crippen molar-refractivity contribution in [3.05, 3.63) is 23.9 Å². The number of aliphatic hydroxyl groups is 1. The van der Waals surface area contributed by atoms with E-state index >= 15 is 0 Å². The number of ether oxygens (including phenoxy) is 1. The maximum Gasteiger partial charge on any atom is 0.231 e.